The zero-order valence-electron chi connectivity index (χ0n) is 12.5. The van der Waals surface area contributed by atoms with Gasteiger partial charge in [-0.05, 0) is 30.4 Å². The van der Waals surface area contributed by atoms with Gasteiger partial charge in [-0.25, -0.2) is 0 Å². The molecule has 1 aliphatic heterocycles. The molecular formula is C17H23N3O. The highest BCUT2D eigenvalue weighted by molar-refractivity contribution is 5.78. The third kappa shape index (κ3) is 4.30. The molecule has 21 heavy (non-hydrogen) atoms. The van der Waals surface area contributed by atoms with Crippen LogP contribution in [-0.4, -0.2) is 11.9 Å². The van der Waals surface area contributed by atoms with E-state index in [0.29, 0.717) is 12.8 Å². The number of benzene rings is 1. The lowest BCUT2D eigenvalue weighted by Crippen LogP contribution is -2.39. The Hall–Kier alpha value is -1.86. The van der Waals surface area contributed by atoms with Crippen molar-refractivity contribution in [2.45, 2.75) is 51.1 Å². The zero-order valence-corrected chi connectivity index (χ0v) is 12.5. The molecule has 4 nitrogen and oxygen atoms in total. The smallest absolute Gasteiger partial charge is 0.223 e. The molecule has 3 N–H and O–H groups in total. The molecule has 0 radical (unpaired) electrons. The van der Waals surface area contributed by atoms with Crippen molar-refractivity contribution in [2.75, 3.05) is 0 Å². The quantitative estimate of drug-likeness (QED) is 0.831. The molecule has 0 spiro atoms. The second kappa shape index (κ2) is 7.24. The van der Waals surface area contributed by atoms with Crippen molar-refractivity contribution >= 4 is 5.91 Å². The van der Waals surface area contributed by atoms with Crippen molar-refractivity contribution in [1.82, 2.24) is 5.32 Å². The largest absolute Gasteiger partial charge is 0.352 e. The molecule has 4 heteroatoms. The fourth-order valence-corrected chi connectivity index (χ4v) is 2.80. The lowest BCUT2D eigenvalue weighted by molar-refractivity contribution is -0.125. The summed E-state index contributed by atoms with van der Waals surface area (Å²) in [6, 6.07) is 10.2. The molecule has 2 bridgehead atoms. The van der Waals surface area contributed by atoms with Crippen LogP contribution < -0.4 is 11.1 Å². The van der Waals surface area contributed by atoms with Gasteiger partial charge in [0.15, 0.2) is 0 Å². The summed E-state index contributed by atoms with van der Waals surface area (Å²) in [7, 11) is 0. The van der Waals surface area contributed by atoms with E-state index in [9.17, 15) is 4.79 Å². The number of hydrogen-bond acceptors (Lipinski definition) is 3. The molecule has 1 aromatic carbocycles. The van der Waals surface area contributed by atoms with E-state index in [2.05, 4.69) is 23.5 Å². The Bertz CT molecular complexity index is 535. The predicted molar refractivity (Wildman–Crippen MR) is 82.3 cm³/mol. The van der Waals surface area contributed by atoms with Gasteiger partial charge < -0.3 is 11.1 Å². The minimum absolute atomic E-state index is 0.0223. The van der Waals surface area contributed by atoms with Gasteiger partial charge in [0.2, 0.25) is 5.91 Å². The number of hydrogen-bond donors (Lipinski definition) is 2. The van der Waals surface area contributed by atoms with Crippen LogP contribution in [0.5, 0.6) is 0 Å². The van der Waals surface area contributed by atoms with Crippen LogP contribution in [0, 0.1) is 17.2 Å². The third-order valence-corrected chi connectivity index (χ3v) is 4.15. The highest BCUT2D eigenvalue weighted by Gasteiger charge is 2.20. The molecule has 0 unspecified atom stereocenters. The third-order valence-electron chi connectivity index (χ3n) is 4.15. The standard InChI is InChI=1S/C17H23N3O/c1-12-4-2-7-16(19)14-6-3-5-13(10-14)11-15(8-9-18)20-17(12)21/h3,5-6,10,12,15-16H,2,4,7-8,11,19H2,1H3,(H,20,21)/t12-,15+,16+/m1/s1. The maximum atomic E-state index is 12.2. The van der Waals surface area contributed by atoms with Gasteiger partial charge >= 0.3 is 0 Å². The Kier molecular flexibility index (Phi) is 5.35. The summed E-state index contributed by atoms with van der Waals surface area (Å²) >= 11 is 0. The lowest BCUT2D eigenvalue weighted by atomic mass is 9.93. The van der Waals surface area contributed by atoms with E-state index in [1.165, 1.54) is 0 Å². The van der Waals surface area contributed by atoms with Crippen LogP contribution in [-0.2, 0) is 11.2 Å². The van der Waals surface area contributed by atoms with E-state index < -0.39 is 0 Å². The Morgan fingerprint density at radius 1 is 1.43 bits per heavy atom. The van der Waals surface area contributed by atoms with E-state index in [4.69, 9.17) is 11.0 Å². The Labute approximate surface area is 126 Å². The second-order valence-electron chi connectivity index (χ2n) is 5.96. The first-order chi connectivity index (χ1) is 10.1. The molecule has 0 aromatic heterocycles. The van der Waals surface area contributed by atoms with Crippen molar-refractivity contribution < 1.29 is 4.79 Å². The molecule has 1 heterocycles. The molecule has 0 saturated carbocycles. The van der Waals surface area contributed by atoms with Crippen LogP contribution in [0.15, 0.2) is 24.3 Å². The molecule has 0 saturated heterocycles. The van der Waals surface area contributed by atoms with E-state index in [0.717, 1.165) is 30.4 Å². The first kappa shape index (κ1) is 15.5. The number of carbonyl (C=O) groups is 1. The number of nitriles is 1. The first-order valence-corrected chi connectivity index (χ1v) is 7.62. The van der Waals surface area contributed by atoms with Gasteiger partial charge in [0.05, 0.1) is 12.5 Å². The molecule has 1 amide bonds. The van der Waals surface area contributed by atoms with Crippen molar-refractivity contribution in [2.24, 2.45) is 11.7 Å². The number of nitrogens with zero attached hydrogens (tertiary/aromatic N) is 1. The van der Waals surface area contributed by atoms with E-state index in [1.54, 1.807) is 0 Å². The summed E-state index contributed by atoms with van der Waals surface area (Å²) < 4.78 is 0. The molecule has 1 aromatic rings. The van der Waals surface area contributed by atoms with Gasteiger partial charge in [0.25, 0.3) is 0 Å². The van der Waals surface area contributed by atoms with Crippen molar-refractivity contribution in [3.8, 4) is 6.07 Å². The summed E-state index contributed by atoms with van der Waals surface area (Å²) in [5.74, 6) is 0.0108. The first-order valence-electron chi connectivity index (χ1n) is 7.62. The predicted octanol–water partition coefficient (Wildman–Crippen LogP) is 2.45. The van der Waals surface area contributed by atoms with Crippen LogP contribution in [0.3, 0.4) is 0 Å². The molecule has 1 aliphatic rings. The lowest BCUT2D eigenvalue weighted by Gasteiger charge is -2.22. The van der Waals surface area contributed by atoms with E-state index >= 15 is 0 Å². The molecule has 112 valence electrons. The molecular weight excluding hydrogens is 262 g/mol. The SMILES string of the molecule is C[C@@H]1CCC[C@H](N)c2cccc(c2)C[C@H](CC#N)NC1=O. The monoisotopic (exact) mass is 285 g/mol. The number of fused-ring (bicyclic) bond motifs is 2. The van der Waals surface area contributed by atoms with Crippen molar-refractivity contribution in [3.05, 3.63) is 35.4 Å². The Balaban J connectivity index is 2.25. The topological polar surface area (TPSA) is 78.9 Å². The average molecular weight is 285 g/mol. The van der Waals surface area contributed by atoms with E-state index in [1.807, 2.05) is 19.1 Å². The van der Waals surface area contributed by atoms with Crippen LogP contribution in [0.25, 0.3) is 0 Å². The maximum absolute atomic E-state index is 12.2. The minimum atomic E-state index is -0.129. The van der Waals surface area contributed by atoms with Crippen LogP contribution in [0.2, 0.25) is 0 Å². The molecule has 0 fully saturated rings. The second-order valence-corrected chi connectivity index (χ2v) is 5.96. The van der Waals surface area contributed by atoms with Gasteiger partial charge in [-0.15, -0.1) is 0 Å². The fourth-order valence-electron chi connectivity index (χ4n) is 2.80. The summed E-state index contributed by atoms with van der Waals surface area (Å²) in [5, 5.41) is 12.0. The number of amides is 1. The Morgan fingerprint density at radius 2 is 2.24 bits per heavy atom. The van der Waals surface area contributed by atoms with Crippen molar-refractivity contribution in [1.29, 1.82) is 5.26 Å². The fraction of sp³-hybridized carbons (Fsp3) is 0.529. The normalized spacial score (nSPS) is 26.9. The van der Waals surface area contributed by atoms with Crippen LogP contribution in [0.4, 0.5) is 0 Å². The summed E-state index contributed by atoms with van der Waals surface area (Å²) in [5.41, 5.74) is 8.50. The highest BCUT2D eigenvalue weighted by atomic mass is 16.1. The molecule has 2 rings (SSSR count). The average Bonchev–Trinajstić information content (AvgIpc) is 2.46. The van der Waals surface area contributed by atoms with Gasteiger partial charge in [-0.2, -0.15) is 5.26 Å². The molecule has 3 atom stereocenters. The minimum Gasteiger partial charge on any atom is -0.352 e. The van der Waals surface area contributed by atoms with E-state index in [-0.39, 0.29) is 23.9 Å². The maximum Gasteiger partial charge on any atom is 0.223 e. The van der Waals surface area contributed by atoms with Gasteiger partial charge in [0.1, 0.15) is 0 Å². The van der Waals surface area contributed by atoms with Gasteiger partial charge in [-0.3, -0.25) is 4.79 Å². The van der Waals surface area contributed by atoms with Gasteiger partial charge in [-0.1, -0.05) is 37.6 Å². The van der Waals surface area contributed by atoms with Crippen LogP contribution >= 0.6 is 0 Å². The molecule has 0 aliphatic carbocycles. The number of carbonyl (C=O) groups excluding carboxylic acids is 1. The summed E-state index contributed by atoms with van der Waals surface area (Å²) in [6.07, 6.45) is 3.66. The number of nitrogens with two attached hydrogens (primary N) is 1. The number of nitrogens with one attached hydrogen (secondary N) is 1. The zero-order chi connectivity index (χ0) is 15.2. The Morgan fingerprint density at radius 3 is 3.00 bits per heavy atom. The van der Waals surface area contributed by atoms with Crippen molar-refractivity contribution in [3.63, 3.8) is 0 Å². The van der Waals surface area contributed by atoms with Gasteiger partial charge in [0, 0.05) is 18.0 Å². The highest BCUT2D eigenvalue weighted by Crippen LogP contribution is 2.21. The number of rotatable bonds is 1. The summed E-state index contributed by atoms with van der Waals surface area (Å²) in [6.45, 7) is 1.94. The van der Waals surface area contributed by atoms with Crippen LogP contribution in [0.1, 0.15) is 49.8 Å². The summed E-state index contributed by atoms with van der Waals surface area (Å²) in [4.78, 5) is 12.2.